The van der Waals surface area contributed by atoms with E-state index in [0.717, 1.165) is 12.5 Å². The molecular formula is C16H22FNO3. The fourth-order valence-corrected chi connectivity index (χ4v) is 1.69. The van der Waals surface area contributed by atoms with Crippen molar-refractivity contribution in [2.75, 3.05) is 6.54 Å². The predicted molar refractivity (Wildman–Crippen MR) is 79.0 cm³/mol. The van der Waals surface area contributed by atoms with Crippen molar-refractivity contribution in [3.8, 4) is 5.75 Å². The van der Waals surface area contributed by atoms with E-state index in [1.807, 2.05) is 0 Å². The van der Waals surface area contributed by atoms with Gasteiger partial charge in [-0.1, -0.05) is 13.8 Å². The normalized spacial score (nSPS) is 12.1. The number of amides is 1. The standard InChI is InChI=1S/C16H22FNO3/c1-10(2)7-8-18-16(20)12(4)21-15-6-5-13(11(3)19)9-14(15)17/h5-6,9-10,12H,7-8H2,1-4H3,(H,18,20). The molecule has 4 nitrogen and oxygen atoms in total. The molecule has 0 heterocycles. The predicted octanol–water partition coefficient (Wildman–Crippen LogP) is 2.96. The van der Waals surface area contributed by atoms with Crippen LogP contribution in [0.2, 0.25) is 0 Å². The SMILES string of the molecule is CC(=O)c1ccc(OC(C)C(=O)NCCC(C)C)c(F)c1. The van der Waals surface area contributed by atoms with Crippen LogP contribution in [0.1, 0.15) is 44.5 Å². The zero-order valence-corrected chi connectivity index (χ0v) is 12.9. The summed E-state index contributed by atoms with van der Waals surface area (Å²) >= 11 is 0. The second-order valence-electron chi connectivity index (χ2n) is 5.44. The summed E-state index contributed by atoms with van der Waals surface area (Å²) in [7, 11) is 0. The van der Waals surface area contributed by atoms with Gasteiger partial charge in [-0.25, -0.2) is 4.39 Å². The Bertz CT molecular complexity index is 514. The lowest BCUT2D eigenvalue weighted by Gasteiger charge is -2.16. The molecule has 1 aromatic rings. The Morgan fingerprint density at radius 1 is 1.29 bits per heavy atom. The van der Waals surface area contributed by atoms with Crippen LogP contribution in [-0.2, 0) is 4.79 Å². The third kappa shape index (κ3) is 5.53. The maximum Gasteiger partial charge on any atom is 0.260 e. The minimum absolute atomic E-state index is 0.0356. The first-order valence-electron chi connectivity index (χ1n) is 7.06. The first-order valence-corrected chi connectivity index (χ1v) is 7.06. The van der Waals surface area contributed by atoms with Crippen molar-refractivity contribution in [2.24, 2.45) is 5.92 Å². The average molecular weight is 295 g/mol. The van der Waals surface area contributed by atoms with Crippen LogP contribution in [0.3, 0.4) is 0 Å². The van der Waals surface area contributed by atoms with E-state index in [-0.39, 0.29) is 23.0 Å². The molecule has 1 aromatic carbocycles. The lowest BCUT2D eigenvalue weighted by Crippen LogP contribution is -2.37. The lowest BCUT2D eigenvalue weighted by atomic mass is 10.1. The number of hydrogen-bond donors (Lipinski definition) is 1. The van der Waals surface area contributed by atoms with Gasteiger partial charge in [0, 0.05) is 12.1 Å². The van der Waals surface area contributed by atoms with Gasteiger partial charge >= 0.3 is 0 Å². The van der Waals surface area contributed by atoms with Crippen molar-refractivity contribution >= 4 is 11.7 Å². The molecule has 1 rings (SSSR count). The van der Waals surface area contributed by atoms with E-state index >= 15 is 0 Å². The van der Waals surface area contributed by atoms with E-state index in [2.05, 4.69) is 19.2 Å². The fourth-order valence-electron chi connectivity index (χ4n) is 1.69. The number of rotatable bonds is 7. The first-order chi connectivity index (χ1) is 9.81. The number of hydrogen-bond acceptors (Lipinski definition) is 3. The van der Waals surface area contributed by atoms with Gasteiger partial charge in [0.15, 0.2) is 23.5 Å². The van der Waals surface area contributed by atoms with Crippen LogP contribution in [0, 0.1) is 11.7 Å². The van der Waals surface area contributed by atoms with Crippen LogP contribution in [0.25, 0.3) is 0 Å². The summed E-state index contributed by atoms with van der Waals surface area (Å²) in [6, 6.07) is 3.95. The summed E-state index contributed by atoms with van der Waals surface area (Å²) in [5.74, 6) is -0.695. The van der Waals surface area contributed by atoms with E-state index in [4.69, 9.17) is 4.74 Å². The highest BCUT2D eigenvalue weighted by atomic mass is 19.1. The number of ether oxygens (including phenoxy) is 1. The van der Waals surface area contributed by atoms with Crippen LogP contribution in [0.4, 0.5) is 4.39 Å². The number of halogens is 1. The van der Waals surface area contributed by atoms with Crippen LogP contribution in [0.15, 0.2) is 18.2 Å². The Kier molecular flexibility index (Phi) is 6.34. The summed E-state index contributed by atoms with van der Waals surface area (Å²) in [5.41, 5.74) is 0.272. The van der Waals surface area contributed by atoms with Gasteiger partial charge in [0.25, 0.3) is 5.91 Å². The highest BCUT2D eigenvalue weighted by Crippen LogP contribution is 2.20. The number of carbonyl (C=O) groups is 2. The quantitative estimate of drug-likeness (QED) is 0.787. The number of carbonyl (C=O) groups excluding carboxylic acids is 2. The van der Waals surface area contributed by atoms with E-state index in [0.29, 0.717) is 12.5 Å². The summed E-state index contributed by atoms with van der Waals surface area (Å²) in [6.45, 7) is 7.62. The third-order valence-electron chi connectivity index (χ3n) is 3.03. The van der Waals surface area contributed by atoms with Gasteiger partial charge in [0.2, 0.25) is 0 Å². The van der Waals surface area contributed by atoms with Gasteiger partial charge in [0.1, 0.15) is 0 Å². The molecule has 0 aromatic heterocycles. The molecule has 0 aliphatic carbocycles. The largest absolute Gasteiger partial charge is 0.478 e. The van der Waals surface area contributed by atoms with Gasteiger partial charge in [-0.2, -0.15) is 0 Å². The minimum Gasteiger partial charge on any atom is -0.478 e. The molecule has 0 saturated carbocycles. The summed E-state index contributed by atoms with van der Waals surface area (Å²) < 4.78 is 19.1. The molecular weight excluding hydrogens is 273 g/mol. The molecule has 116 valence electrons. The molecule has 21 heavy (non-hydrogen) atoms. The third-order valence-corrected chi connectivity index (χ3v) is 3.03. The summed E-state index contributed by atoms with van der Waals surface area (Å²) in [5, 5.41) is 2.74. The first kappa shape index (κ1) is 17.1. The van der Waals surface area contributed by atoms with E-state index in [9.17, 15) is 14.0 Å². The lowest BCUT2D eigenvalue weighted by molar-refractivity contribution is -0.127. The zero-order valence-electron chi connectivity index (χ0n) is 12.9. The Balaban J connectivity index is 2.60. The van der Waals surface area contributed by atoms with Gasteiger partial charge in [0.05, 0.1) is 0 Å². The number of ketones is 1. The Hall–Kier alpha value is -1.91. The fraction of sp³-hybridized carbons (Fsp3) is 0.500. The van der Waals surface area contributed by atoms with Crippen molar-refractivity contribution in [2.45, 2.75) is 40.2 Å². The van der Waals surface area contributed by atoms with E-state index in [1.54, 1.807) is 6.92 Å². The van der Waals surface area contributed by atoms with Gasteiger partial charge in [-0.3, -0.25) is 9.59 Å². The summed E-state index contributed by atoms with van der Waals surface area (Å²) in [6.07, 6.45) is 0.0787. The second-order valence-corrected chi connectivity index (χ2v) is 5.44. The maximum absolute atomic E-state index is 13.8. The van der Waals surface area contributed by atoms with E-state index < -0.39 is 11.9 Å². The second kappa shape index (κ2) is 7.76. The minimum atomic E-state index is -0.796. The van der Waals surface area contributed by atoms with Crippen molar-refractivity contribution in [1.29, 1.82) is 0 Å². The molecule has 1 N–H and O–H groups in total. The Morgan fingerprint density at radius 3 is 2.48 bits per heavy atom. The van der Waals surface area contributed by atoms with Crippen molar-refractivity contribution in [3.63, 3.8) is 0 Å². The van der Waals surface area contributed by atoms with Gasteiger partial charge in [-0.05, 0) is 44.4 Å². The molecule has 0 spiro atoms. The van der Waals surface area contributed by atoms with Crippen LogP contribution < -0.4 is 10.1 Å². The van der Waals surface area contributed by atoms with E-state index in [1.165, 1.54) is 19.1 Å². The van der Waals surface area contributed by atoms with Crippen LogP contribution in [-0.4, -0.2) is 24.3 Å². The molecule has 0 bridgehead atoms. The molecule has 1 amide bonds. The van der Waals surface area contributed by atoms with Crippen molar-refractivity contribution in [3.05, 3.63) is 29.6 Å². The molecule has 0 aliphatic rings. The molecule has 0 radical (unpaired) electrons. The Labute approximate surface area is 124 Å². The van der Waals surface area contributed by atoms with Crippen LogP contribution >= 0.6 is 0 Å². The van der Waals surface area contributed by atoms with Crippen molar-refractivity contribution < 1.29 is 18.7 Å². The smallest absolute Gasteiger partial charge is 0.260 e. The van der Waals surface area contributed by atoms with Crippen LogP contribution in [0.5, 0.6) is 5.75 Å². The molecule has 0 saturated heterocycles. The topological polar surface area (TPSA) is 55.4 Å². The molecule has 1 atom stereocenters. The van der Waals surface area contributed by atoms with Gasteiger partial charge < -0.3 is 10.1 Å². The molecule has 1 unspecified atom stereocenters. The average Bonchev–Trinajstić information content (AvgIpc) is 2.40. The highest BCUT2D eigenvalue weighted by Gasteiger charge is 2.17. The number of nitrogens with one attached hydrogen (secondary N) is 1. The highest BCUT2D eigenvalue weighted by molar-refractivity contribution is 5.94. The molecule has 0 aliphatic heterocycles. The summed E-state index contributed by atoms with van der Waals surface area (Å²) in [4.78, 5) is 22.9. The molecule has 5 heteroatoms. The van der Waals surface area contributed by atoms with Gasteiger partial charge in [-0.15, -0.1) is 0 Å². The number of benzene rings is 1. The maximum atomic E-state index is 13.8. The monoisotopic (exact) mass is 295 g/mol. The number of Topliss-reactive ketones (excluding diaryl/α,β-unsaturated/α-hetero) is 1. The zero-order chi connectivity index (χ0) is 16.0. The van der Waals surface area contributed by atoms with Crippen molar-refractivity contribution in [1.82, 2.24) is 5.32 Å². The molecule has 0 fully saturated rings. The Morgan fingerprint density at radius 2 is 1.95 bits per heavy atom.